The summed E-state index contributed by atoms with van der Waals surface area (Å²) in [5.41, 5.74) is 25.7. The van der Waals surface area contributed by atoms with E-state index in [1.165, 1.54) is 133 Å². The van der Waals surface area contributed by atoms with Gasteiger partial charge >= 0.3 is 0 Å². The molecule has 0 bridgehead atoms. The smallest absolute Gasteiger partial charge is 0.0497 e. The Morgan fingerprint density at radius 2 is 0.722 bits per heavy atom. The van der Waals surface area contributed by atoms with Gasteiger partial charge in [-0.2, -0.15) is 0 Å². The lowest BCUT2D eigenvalue weighted by atomic mass is 9.84. The third kappa shape index (κ3) is 6.22. The SMILES string of the molecule is C=C1c2ccccc2-c2ccc(-c3cccc(-c4c5ccc(N6c7ccccc7Cc7ccccc76)cc5c(-c5ccc6ccccc6c5)c5ccc(N6c7ccccc7Cc7ccccc76)cc45)c3)cc21. The Kier molecular flexibility index (Phi) is 8.97. The Morgan fingerprint density at radius 1 is 0.278 bits per heavy atom. The van der Waals surface area contributed by atoms with Crippen LogP contribution in [0.4, 0.5) is 34.1 Å². The van der Waals surface area contributed by atoms with Crippen molar-refractivity contribution in [1.29, 1.82) is 0 Å². The van der Waals surface area contributed by atoms with Crippen LogP contribution in [0.5, 0.6) is 0 Å². The third-order valence-corrected chi connectivity index (χ3v) is 15.7. The van der Waals surface area contributed by atoms with Crippen molar-refractivity contribution < 1.29 is 0 Å². The molecule has 0 N–H and O–H groups in total. The number of nitrogens with zero attached hydrogens (tertiary/aromatic N) is 2. The van der Waals surface area contributed by atoms with Crippen molar-refractivity contribution >= 4 is 72.0 Å². The summed E-state index contributed by atoms with van der Waals surface area (Å²) in [6.45, 7) is 4.59. The molecule has 336 valence electrons. The highest BCUT2D eigenvalue weighted by atomic mass is 15.2. The van der Waals surface area contributed by atoms with Gasteiger partial charge in [0.25, 0.3) is 0 Å². The molecule has 0 fully saturated rings. The first-order valence-electron chi connectivity index (χ1n) is 25.1. The number of benzene rings is 12. The number of hydrogen-bond acceptors (Lipinski definition) is 2. The molecule has 2 aliphatic heterocycles. The third-order valence-electron chi connectivity index (χ3n) is 15.7. The first kappa shape index (κ1) is 40.6. The van der Waals surface area contributed by atoms with Crippen molar-refractivity contribution in [2.24, 2.45) is 0 Å². The number of anilines is 6. The van der Waals surface area contributed by atoms with Crippen molar-refractivity contribution in [1.82, 2.24) is 0 Å². The molecule has 0 aromatic heterocycles. The predicted molar refractivity (Wildman–Crippen MR) is 304 cm³/mol. The molecule has 2 heteroatoms. The van der Waals surface area contributed by atoms with E-state index >= 15 is 0 Å². The number of para-hydroxylation sites is 4. The average molecular weight is 915 g/mol. The van der Waals surface area contributed by atoms with E-state index in [1.54, 1.807) is 0 Å². The molecular formula is C70H46N2. The fourth-order valence-corrected chi connectivity index (χ4v) is 12.4. The van der Waals surface area contributed by atoms with E-state index in [2.05, 4.69) is 259 Å². The molecule has 3 aliphatic rings. The highest BCUT2D eigenvalue weighted by Crippen LogP contribution is 2.52. The van der Waals surface area contributed by atoms with Gasteiger partial charge < -0.3 is 9.80 Å². The van der Waals surface area contributed by atoms with E-state index in [9.17, 15) is 0 Å². The van der Waals surface area contributed by atoms with Crippen LogP contribution in [0.2, 0.25) is 0 Å². The van der Waals surface area contributed by atoms with Crippen LogP contribution in [-0.4, -0.2) is 0 Å². The lowest BCUT2D eigenvalue weighted by Crippen LogP contribution is -2.18. The molecule has 0 saturated carbocycles. The van der Waals surface area contributed by atoms with Gasteiger partial charge in [0.15, 0.2) is 0 Å². The van der Waals surface area contributed by atoms with Crippen molar-refractivity contribution in [3.8, 4) is 44.5 Å². The van der Waals surface area contributed by atoms with Crippen molar-refractivity contribution in [3.05, 3.63) is 283 Å². The quantitative estimate of drug-likeness (QED) is 0.159. The second kappa shape index (κ2) is 15.9. The highest BCUT2D eigenvalue weighted by Gasteiger charge is 2.28. The molecule has 2 nitrogen and oxygen atoms in total. The summed E-state index contributed by atoms with van der Waals surface area (Å²) in [6, 6.07) is 90.7. The molecule has 0 atom stereocenters. The van der Waals surface area contributed by atoms with Gasteiger partial charge in [-0.3, -0.25) is 0 Å². The van der Waals surface area contributed by atoms with Gasteiger partial charge in [-0.1, -0.05) is 183 Å². The van der Waals surface area contributed by atoms with E-state index in [0.29, 0.717) is 0 Å². The second-order valence-corrected chi connectivity index (χ2v) is 19.7. The molecule has 0 unspecified atom stereocenters. The summed E-state index contributed by atoms with van der Waals surface area (Å²) in [4.78, 5) is 4.97. The van der Waals surface area contributed by atoms with Gasteiger partial charge in [0.1, 0.15) is 0 Å². The predicted octanol–water partition coefficient (Wildman–Crippen LogP) is 18.9. The zero-order valence-electron chi connectivity index (χ0n) is 39.6. The van der Waals surface area contributed by atoms with Crippen molar-refractivity contribution in [2.75, 3.05) is 9.80 Å². The lowest BCUT2D eigenvalue weighted by Gasteiger charge is -2.34. The normalized spacial score (nSPS) is 13.1. The Hall–Kier alpha value is -9.24. The molecule has 0 spiro atoms. The molecule has 0 saturated heterocycles. The topological polar surface area (TPSA) is 6.48 Å². The van der Waals surface area contributed by atoms with Crippen LogP contribution in [0.15, 0.2) is 249 Å². The highest BCUT2D eigenvalue weighted by molar-refractivity contribution is 6.23. The monoisotopic (exact) mass is 914 g/mol. The number of hydrogen-bond donors (Lipinski definition) is 0. The maximum Gasteiger partial charge on any atom is 0.0497 e. The van der Waals surface area contributed by atoms with Crippen LogP contribution >= 0.6 is 0 Å². The molecule has 72 heavy (non-hydrogen) atoms. The molecule has 1 aliphatic carbocycles. The van der Waals surface area contributed by atoms with E-state index in [1.807, 2.05) is 0 Å². The average Bonchev–Trinajstić information content (AvgIpc) is 3.72. The molecule has 2 heterocycles. The van der Waals surface area contributed by atoms with Gasteiger partial charge in [-0.25, -0.2) is 0 Å². The zero-order chi connectivity index (χ0) is 47.4. The number of fused-ring (bicyclic) bond motifs is 10. The largest absolute Gasteiger partial charge is 0.310 e. The standard InChI is InChI=1S/C70H46N2/c1-44-57-23-8-9-24-58(57)59-34-31-48(41-62(44)59)47-21-14-22-53(38-47)69-60-35-32-56(72-67-27-12-6-19-51(67)40-52-20-7-13-28-68(52)72)43-64(60)70(54-30-29-45-15-2-3-16-46(45)37-54)61-36-33-55(42-63(61)69)71-65-25-10-4-17-49(65)39-50-18-5-11-26-66(50)71/h2-38,41-43H,1,39-40H2. The van der Waals surface area contributed by atoms with Gasteiger partial charge in [-0.05, 0) is 183 Å². The first-order valence-corrected chi connectivity index (χ1v) is 25.1. The minimum atomic E-state index is 0.904. The molecule has 0 radical (unpaired) electrons. The molecular weight excluding hydrogens is 869 g/mol. The Balaban J connectivity index is 1.02. The fourth-order valence-electron chi connectivity index (χ4n) is 12.4. The van der Waals surface area contributed by atoms with Crippen LogP contribution in [0.3, 0.4) is 0 Å². The van der Waals surface area contributed by atoms with E-state index < -0.39 is 0 Å². The van der Waals surface area contributed by atoms with Crippen molar-refractivity contribution in [2.45, 2.75) is 12.8 Å². The minimum absolute atomic E-state index is 0.904. The van der Waals surface area contributed by atoms with E-state index in [4.69, 9.17) is 0 Å². The summed E-state index contributed by atoms with van der Waals surface area (Å²) < 4.78 is 0. The Labute approximate surface area is 419 Å². The summed E-state index contributed by atoms with van der Waals surface area (Å²) in [5, 5.41) is 7.29. The lowest BCUT2D eigenvalue weighted by molar-refractivity contribution is 1.09. The maximum absolute atomic E-state index is 4.59. The van der Waals surface area contributed by atoms with Crippen LogP contribution < -0.4 is 9.80 Å². The first-order chi connectivity index (χ1) is 35.6. The maximum atomic E-state index is 4.59. The van der Waals surface area contributed by atoms with Crippen LogP contribution in [0, 0.1) is 0 Å². The number of rotatable bonds is 5. The van der Waals surface area contributed by atoms with Gasteiger partial charge in [0.2, 0.25) is 0 Å². The van der Waals surface area contributed by atoms with Crippen LogP contribution in [-0.2, 0) is 12.8 Å². The summed E-state index contributed by atoms with van der Waals surface area (Å²) in [5.74, 6) is 0. The van der Waals surface area contributed by atoms with Crippen LogP contribution in [0.1, 0.15) is 33.4 Å². The minimum Gasteiger partial charge on any atom is -0.310 e. The molecule has 12 aromatic carbocycles. The molecule has 0 amide bonds. The zero-order valence-corrected chi connectivity index (χ0v) is 39.6. The Morgan fingerprint density at radius 3 is 1.31 bits per heavy atom. The fraction of sp³-hybridized carbons (Fsp3) is 0.0286. The van der Waals surface area contributed by atoms with Gasteiger partial charge in [-0.15, -0.1) is 0 Å². The van der Waals surface area contributed by atoms with E-state index in [0.717, 1.165) is 29.8 Å². The second-order valence-electron chi connectivity index (χ2n) is 19.7. The molecule has 15 rings (SSSR count). The summed E-state index contributed by atoms with van der Waals surface area (Å²) in [6.07, 6.45) is 1.81. The Bertz CT molecular complexity index is 4180. The summed E-state index contributed by atoms with van der Waals surface area (Å²) in [7, 11) is 0. The van der Waals surface area contributed by atoms with E-state index in [-0.39, 0.29) is 0 Å². The van der Waals surface area contributed by atoms with Gasteiger partial charge in [0, 0.05) is 47.0 Å². The van der Waals surface area contributed by atoms with Gasteiger partial charge in [0.05, 0.1) is 0 Å². The summed E-state index contributed by atoms with van der Waals surface area (Å²) >= 11 is 0. The van der Waals surface area contributed by atoms with Crippen LogP contribution in [0.25, 0.3) is 82.4 Å². The molecule has 12 aromatic rings. The van der Waals surface area contributed by atoms with Crippen molar-refractivity contribution in [3.63, 3.8) is 0 Å².